The Morgan fingerprint density at radius 3 is 0.984 bits per heavy atom. The van der Waals surface area contributed by atoms with E-state index in [-0.39, 0.29) is 37.5 Å². The smallest absolute Gasteiger partial charge is 0.306 e. The van der Waals surface area contributed by atoms with Crippen molar-refractivity contribution in [2.24, 2.45) is 0 Å². The number of hydrogen-bond donors (Lipinski definition) is 0. The summed E-state index contributed by atoms with van der Waals surface area (Å²) in [7, 11) is 0. The van der Waals surface area contributed by atoms with Crippen molar-refractivity contribution in [3.63, 3.8) is 0 Å². The summed E-state index contributed by atoms with van der Waals surface area (Å²) < 4.78 is 16.7. The van der Waals surface area contributed by atoms with Crippen LogP contribution in [-0.2, 0) is 28.6 Å². The minimum Gasteiger partial charge on any atom is -0.462 e. The molecule has 0 aliphatic carbocycles. The summed E-state index contributed by atoms with van der Waals surface area (Å²) in [5, 5.41) is 0. The Morgan fingerprint density at radius 1 is 0.312 bits per heavy atom. The highest BCUT2D eigenvalue weighted by Gasteiger charge is 2.19. The van der Waals surface area contributed by atoms with Gasteiger partial charge in [-0.15, -0.1) is 0 Å². The predicted molar refractivity (Wildman–Crippen MR) is 274 cm³/mol. The second-order valence-corrected chi connectivity index (χ2v) is 17.4. The SMILES string of the molecule is CCCCC/C=C/C/C=C/C/C=C/C/C=C/CCCC(=O)OC[C@@H](COC(=O)CCCCCCC/C=C/CCCCCCC)OC(=O)CCCCCCC/C=C/C/C=C/CCCCC. The number of hydrogen-bond acceptors (Lipinski definition) is 6. The third kappa shape index (κ3) is 49.6. The van der Waals surface area contributed by atoms with Gasteiger partial charge in [0, 0.05) is 19.3 Å². The van der Waals surface area contributed by atoms with E-state index in [1.165, 1.54) is 96.3 Å². The summed E-state index contributed by atoms with van der Waals surface area (Å²) in [6.07, 6.45) is 67.1. The minimum absolute atomic E-state index is 0.104. The molecule has 64 heavy (non-hydrogen) atoms. The van der Waals surface area contributed by atoms with Gasteiger partial charge in [-0.1, -0.05) is 196 Å². The lowest BCUT2D eigenvalue weighted by Crippen LogP contribution is -2.30. The van der Waals surface area contributed by atoms with Gasteiger partial charge in [0.2, 0.25) is 0 Å². The van der Waals surface area contributed by atoms with E-state index in [1.54, 1.807) is 0 Å². The maximum absolute atomic E-state index is 12.8. The zero-order valence-corrected chi connectivity index (χ0v) is 41.8. The van der Waals surface area contributed by atoms with Crippen LogP contribution in [-0.4, -0.2) is 37.2 Å². The summed E-state index contributed by atoms with van der Waals surface area (Å²) in [5.74, 6) is -0.984. The fourth-order valence-corrected chi connectivity index (χ4v) is 7.05. The quantitative estimate of drug-likeness (QED) is 0.0262. The van der Waals surface area contributed by atoms with Gasteiger partial charge in [-0.2, -0.15) is 0 Å². The molecule has 0 saturated heterocycles. The van der Waals surface area contributed by atoms with E-state index in [9.17, 15) is 14.4 Å². The summed E-state index contributed by atoms with van der Waals surface area (Å²) in [5.41, 5.74) is 0. The third-order valence-electron chi connectivity index (χ3n) is 11.1. The second kappa shape index (κ2) is 52.2. The van der Waals surface area contributed by atoms with Crippen LogP contribution in [0.25, 0.3) is 0 Å². The highest BCUT2D eigenvalue weighted by molar-refractivity contribution is 5.71. The molecule has 1 atom stereocenters. The highest BCUT2D eigenvalue weighted by atomic mass is 16.6. The normalized spacial score (nSPS) is 12.7. The topological polar surface area (TPSA) is 78.9 Å². The van der Waals surface area contributed by atoms with Gasteiger partial charge < -0.3 is 14.2 Å². The third-order valence-corrected chi connectivity index (χ3v) is 11.1. The number of esters is 3. The Balaban J connectivity index is 4.51. The van der Waals surface area contributed by atoms with E-state index in [0.29, 0.717) is 19.3 Å². The Hall–Kier alpha value is -3.41. The molecule has 366 valence electrons. The van der Waals surface area contributed by atoms with Crippen molar-refractivity contribution in [3.05, 3.63) is 85.1 Å². The number of unbranched alkanes of at least 4 members (excludes halogenated alkanes) is 22. The van der Waals surface area contributed by atoms with E-state index < -0.39 is 6.10 Å². The molecule has 6 heteroatoms. The van der Waals surface area contributed by atoms with E-state index in [0.717, 1.165) is 103 Å². The van der Waals surface area contributed by atoms with Gasteiger partial charge in [0.15, 0.2) is 6.10 Å². The Bertz CT molecular complexity index is 1250. The lowest BCUT2D eigenvalue weighted by Gasteiger charge is -2.18. The number of rotatable bonds is 47. The molecule has 0 N–H and O–H groups in total. The van der Waals surface area contributed by atoms with Crippen LogP contribution < -0.4 is 0 Å². The van der Waals surface area contributed by atoms with Crippen molar-refractivity contribution in [3.8, 4) is 0 Å². The van der Waals surface area contributed by atoms with Crippen LogP contribution in [0.2, 0.25) is 0 Å². The number of carbonyl (C=O) groups is 3. The largest absolute Gasteiger partial charge is 0.462 e. The fraction of sp³-hybridized carbons (Fsp3) is 0.707. The first-order valence-corrected chi connectivity index (χ1v) is 26.6. The standard InChI is InChI=1S/C58H98O6/c1-4-7-10-13-16-19-22-25-28-29-31-33-36-39-42-45-48-51-57(60)63-54-55(53-62-56(59)50-47-44-41-38-35-32-27-24-21-18-15-12-9-6-3)64-58(61)52-49-46-43-40-37-34-30-26-23-20-17-14-11-8-5-2/h16-17,19-20,24-28,30-31,33,39,42,55H,4-15,18,21-23,29,32,34-38,40-41,43-54H2,1-3H3/b19-16+,20-17+,27-24+,28-25+,30-26+,33-31+,42-39+/t55-/m1/s1. The number of carbonyl (C=O) groups excluding carboxylic acids is 3. The van der Waals surface area contributed by atoms with Gasteiger partial charge in [0.1, 0.15) is 13.2 Å². The highest BCUT2D eigenvalue weighted by Crippen LogP contribution is 2.13. The Labute approximate surface area is 395 Å². The zero-order valence-electron chi connectivity index (χ0n) is 41.8. The fourth-order valence-electron chi connectivity index (χ4n) is 7.05. The van der Waals surface area contributed by atoms with E-state index in [2.05, 4.69) is 106 Å². The van der Waals surface area contributed by atoms with Crippen LogP contribution >= 0.6 is 0 Å². The number of allylic oxidation sites excluding steroid dienone is 14. The van der Waals surface area contributed by atoms with Gasteiger partial charge in [0.25, 0.3) is 0 Å². The van der Waals surface area contributed by atoms with Crippen LogP contribution in [0.4, 0.5) is 0 Å². The van der Waals surface area contributed by atoms with Crippen molar-refractivity contribution >= 4 is 17.9 Å². The van der Waals surface area contributed by atoms with Gasteiger partial charge in [-0.05, 0) is 116 Å². The average Bonchev–Trinajstić information content (AvgIpc) is 3.29. The van der Waals surface area contributed by atoms with Gasteiger partial charge >= 0.3 is 17.9 Å². The van der Waals surface area contributed by atoms with Crippen LogP contribution in [0.3, 0.4) is 0 Å². The molecule has 0 spiro atoms. The Kier molecular flexibility index (Phi) is 49.4. The van der Waals surface area contributed by atoms with Crippen molar-refractivity contribution in [2.75, 3.05) is 13.2 Å². The molecule has 0 aliphatic heterocycles. The Morgan fingerprint density at radius 2 is 0.578 bits per heavy atom. The molecule has 0 aliphatic rings. The van der Waals surface area contributed by atoms with Gasteiger partial charge in [0.05, 0.1) is 0 Å². The van der Waals surface area contributed by atoms with Crippen LogP contribution in [0, 0.1) is 0 Å². The minimum atomic E-state index is -0.809. The molecule has 0 aromatic carbocycles. The molecule has 0 bridgehead atoms. The lowest BCUT2D eigenvalue weighted by molar-refractivity contribution is -0.167. The maximum atomic E-state index is 12.8. The molecule has 0 aromatic heterocycles. The first-order chi connectivity index (χ1) is 31.5. The zero-order chi connectivity index (χ0) is 46.5. The molecule has 0 heterocycles. The monoisotopic (exact) mass is 891 g/mol. The summed E-state index contributed by atoms with van der Waals surface area (Å²) in [6.45, 7) is 6.50. The molecule has 6 nitrogen and oxygen atoms in total. The molecule has 0 amide bonds. The second-order valence-electron chi connectivity index (χ2n) is 17.4. The molecule has 0 fully saturated rings. The molecule has 0 saturated carbocycles. The first kappa shape index (κ1) is 60.6. The molecule has 0 unspecified atom stereocenters. The average molecular weight is 891 g/mol. The first-order valence-electron chi connectivity index (χ1n) is 26.6. The van der Waals surface area contributed by atoms with Gasteiger partial charge in [-0.3, -0.25) is 14.4 Å². The lowest BCUT2D eigenvalue weighted by atomic mass is 10.1. The summed E-state index contributed by atoms with van der Waals surface area (Å²) >= 11 is 0. The molecular formula is C58H98O6. The maximum Gasteiger partial charge on any atom is 0.306 e. The molecule has 0 radical (unpaired) electrons. The summed E-state index contributed by atoms with van der Waals surface area (Å²) in [4.78, 5) is 38.0. The van der Waals surface area contributed by atoms with Crippen LogP contribution in [0.5, 0.6) is 0 Å². The predicted octanol–water partition coefficient (Wildman–Crippen LogP) is 17.6. The van der Waals surface area contributed by atoms with Crippen molar-refractivity contribution in [1.29, 1.82) is 0 Å². The van der Waals surface area contributed by atoms with Crippen molar-refractivity contribution in [2.45, 2.75) is 252 Å². The summed E-state index contributed by atoms with van der Waals surface area (Å²) in [6, 6.07) is 0. The number of ether oxygens (including phenoxy) is 3. The van der Waals surface area contributed by atoms with Crippen molar-refractivity contribution < 1.29 is 28.6 Å². The van der Waals surface area contributed by atoms with Crippen LogP contribution in [0.15, 0.2) is 85.1 Å². The van der Waals surface area contributed by atoms with Crippen LogP contribution in [0.1, 0.15) is 245 Å². The van der Waals surface area contributed by atoms with E-state index in [4.69, 9.17) is 14.2 Å². The van der Waals surface area contributed by atoms with E-state index in [1.807, 2.05) is 0 Å². The molecule has 0 rings (SSSR count). The van der Waals surface area contributed by atoms with Gasteiger partial charge in [-0.25, -0.2) is 0 Å². The molecule has 0 aromatic rings. The van der Waals surface area contributed by atoms with E-state index >= 15 is 0 Å². The van der Waals surface area contributed by atoms with Crippen molar-refractivity contribution in [1.82, 2.24) is 0 Å². The molecular weight excluding hydrogens is 793 g/mol.